The van der Waals surface area contributed by atoms with Crippen molar-refractivity contribution in [3.63, 3.8) is 0 Å². The standard InChI is InChI=1S/C22H33N5O3/c1-17(2)23-22(28)27(14-15-29-4)16-19-20(18-8-6-5-7-9-18)24-30-21(19)26-12-10-25(3)11-13-26/h5-9,17H,10-16H2,1-4H3,(H,23,28). The summed E-state index contributed by atoms with van der Waals surface area (Å²) in [7, 11) is 3.76. The van der Waals surface area contributed by atoms with Gasteiger partial charge in [-0.3, -0.25) is 0 Å². The fourth-order valence-corrected chi connectivity index (χ4v) is 3.51. The van der Waals surface area contributed by atoms with Crippen LogP contribution < -0.4 is 10.2 Å². The lowest BCUT2D eigenvalue weighted by Crippen LogP contribution is -2.46. The van der Waals surface area contributed by atoms with Crippen LogP contribution >= 0.6 is 0 Å². The van der Waals surface area contributed by atoms with E-state index >= 15 is 0 Å². The average Bonchev–Trinajstić information content (AvgIpc) is 3.15. The number of aromatic nitrogens is 1. The zero-order valence-corrected chi connectivity index (χ0v) is 18.4. The Labute approximate surface area is 178 Å². The van der Waals surface area contributed by atoms with Gasteiger partial charge in [-0.15, -0.1) is 0 Å². The Bertz CT molecular complexity index is 800. The highest BCUT2D eigenvalue weighted by Gasteiger charge is 2.27. The fraction of sp³-hybridized carbons (Fsp3) is 0.545. The van der Waals surface area contributed by atoms with Gasteiger partial charge in [0.15, 0.2) is 0 Å². The van der Waals surface area contributed by atoms with Gasteiger partial charge in [0.1, 0.15) is 5.69 Å². The second kappa shape index (κ2) is 10.4. The third kappa shape index (κ3) is 5.52. The van der Waals surface area contributed by atoms with E-state index in [2.05, 4.69) is 27.3 Å². The molecule has 1 aromatic carbocycles. The van der Waals surface area contributed by atoms with Gasteiger partial charge in [-0.2, -0.15) is 0 Å². The Morgan fingerprint density at radius 3 is 2.57 bits per heavy atom. The molecule has 0 unspecified atom stereocenters. The number of hydrogen-bond acceptors (Lipinski definition) is 6. The molecule has 2 amide bonds. The molecule has 8 heteroatoms. The molecule has 1 aliphatic rings. The minimum Gasteiger partial charge on any atom is -0.383 e. The van der Waals surface area contributed by atoms with E-state index in [0.717, 1.165) is 48.9 Å². The number of anilines is 1. The van der Waals surface area contributed by atoms with Crippen molar-refractivity contribution in [1.82, 2.24) is 20.3 Å². The largest absolute Gasteiger partial charge is 0.383 e. The first-order valence-corrected chi connectivity index (χ1v) is 10.5. The molecule has 1 N–H and O–H groups in total. The van der Waals surface area contributed by atoms with Crippen molar-refractivity contribution in [2.24, 2.45) is 0 Å². The van der Waals surface area contributed by atoms with Gasteiger partial charge in [-0.05, 0) is 20.9 Å². The SMILES string of the molecule is COCCN(Cc1c(-c2ccccc2)noc1N1CCN(C)CC1)C(=O)NC(C)C. The summed E-state index contributed by atoms with van der Waals surface area (Å²) in [6.07, 6.45) is 0. The predicted molar refractivity (Wildman–Crippen MR) is 118 cm³/mol. The molecule has 1 aliphatic heterocycles. The molecule has 3 rings (SSSR count). The number of nitrogens with zero attached hydrogens (tertiary/aromatic N) is 4. The molecule has 0 spiro atoms. The van der Waals surface area contributed by atoms with E-state index < -0.39 is 0 Å². The molecule has 1 fully saturated rings. The quantitative estimate of drug-likeness (QED) is 0.715. The van der Waals surface area contributed by atoms with E-state index in [1.54, 1.807) is 12.0 Å². The van der Waals surface area contributed by atoms with Gasteiger partial charge in [0, 0.05) is 51.4 Å². The Hall–Kier alpha value is -2.58. The summed E-state index contributed by atoms with van der Waals surface area (Å²) < 4.78 is 11.1. The monoisotopic (exact) mass is 415 g/mol. The minimum atomic E-state index is -0.119. The molecule has 0 saturated carbocycles. The molecule has 0 atom stereocenters. The number of carbonyl (C=O) groups excluding carboxylic acids is 1. The summed E-state index contributed by atoms with van der Waals surface area (Å²) in [5.41, 5.74) is 2.69. The number of piperazine rings is 1. The number of carbonyl (C=O) groups is 1. The Morgan fingerprint density at radius 1 is 1.23 bits per heavy atom. The number of amides is 2. The van der Waals surface area contributed by atoms with Crippen molar-refractivity contribution < 1.29 is 14.1 Å². The van der Waals surface area contributed by atoms with Gasteiger partial charge >= 0.3 is 6.03 Å². The maximum Gasteiger partial charge on any atom is 0.317 e. The van der Waals surface area contributed by atoms with Gasteiger partial charge in [0.2, 0.25) is 5.88 Å². The van der Waals surface area contributed by atoms with Crippen LogP contribution in [0.5, 0.6) is 0 Å². The first-order chi connectivity index (χ1) is 14.5. The highest BCUT2D eigenvalue weighted by atomic mass is 16.5. The zero-order chi connectivity index (χ0) is 21.5. The topological polar surface area (TPSA) is 74.1 Å². The number of nitrogens with one attached hydrogen (secondary N) is 1. The highest BCUT2D eigenvalue weighted by molar-refractivity contribution is 5.76. The number of ether oxygens (including phenoxy) is 1. The zero-order valence-electron chi connectivity index (χ0n) is 18.4. The van der Waals surface area contributed by atoms with E-state index in [1.165, 1.54) is 0 Å². The molecule has 2 aromatic rings. The summed E-state index contributed by atoms with van der Waals surface area (Å²) >= 11 is 0. The second-order valence-electron chi connectivity index (χ2n) is 7.99. The van der Waals surface area contributed by atoms with Crippen LogP contribution in [0.2, 0.25) is 0 Å². The van der Waals surface area contributed by atoms with E-state index in [4.69, 9.17) is 9.26 Å². The third-order valence-electron chi connectivity index (χ3n) is 5.22. The normalized spacial score (nSPS) is 14.9. The van der Waals surface area contributed by atoms with Crippen LogP contribution in [-0.4, -0.2) is 80.5 Å². The summed E-state index contributed by atoms with van der Waals surface area (Å²) in [4.78, 5) is 19.1. The highest BCUT2D eigenvalue weighted by Crippen LogP contribution is 2.33. The lowest BCUT2D eigenvalue weighted by atomic mass is 10.1. The summed E-state index contributed by atoms with van der Waals surface area (Å²) in [6.45, 7) is 8.90. The number of likely N-dealkylation sites (N-methyl/N-ethyl adjacent to an activating group) is 1. The van der Waals surface area contributed by atoms with E-state index in [1.807, 2.05) is 44.2 Å². The Kier molecular flexibility index (Phi) is 7.70. The molecule has 30 heavy (non-hydrogen) atoms. The number of hydrogen-bond donors (Lipinski definition) is 1. The molecular formula is C22H33N5O3. The minimum absolute atomic E-state index is 0.0516. The number of benzene rings is 1. The molecule has 0 bridgehead atoms. The van der Waals surface area contributed by atoms with Crippen LogP contribution in [0.15, 0.2) is 34.9 Å². The Morgan fingerprint density at radius 2 is 1.93 bits per heavy atom. The molecule has 1 aromatic heterocycles. The maximum absolute atomic E-state index is 12.9. The molecule has 0 aliphatic carbocycles. The second-order valence-corrected chi connectivity index (χ2v) is 7.99. The lowest BCUT2D eigenvalue weighted by molar-refractivity contribution is 0.145. The van der Waals surface area contributed by atoms with Gasteiger partial charge in [0.05, 0.1) is 18.7 Å². The van der Waals surface area contributed by atoms with Crippen LogP contribution in [-0.2, 0) is 11.3 Å². The summed E-state index contributed by atoms with van der Waals surface area (Å²) in [5.74, 6) is 0.752. The molecule has 1 saturated heterocycles. The van der Waals surface area contributed by atoms with Gasteiger partial charge in [-0.25, -0.2) is 4.79 Å². The molecule has 164 valence electrons. The van der Waals surface area contributed by atoms with Crippen LogP contribution in [0.3, 0.4) is 0 Å². The molecule has 0 radical (unpaired) electrons. The summed E-state index contributed by atoms with van der Waals surface area (Å²) in [6, 6.07) is 9.91. The van der Waals surface area contributed by atoms with Crippen LogP contribution in [0.1, 0.15) is 19.4 Å². The maximum atomic E-state index is 12.9. The van der Waals surface area contributed by atoms with Crippen molar-refractivity contribution in [2.45, 2.75) is 26.4 Å². The fourth-order valence-electron chi connectivity index (χ4n) is 3.51. The van der Waals surface area contributed by atoms with Gasteiger partial charge in [0.25, 0.3) is 0 Å². The van der Waals surface area contributed by atoms with E-state index in [0.29, 0.717) is 19.7 Å². The number of rotatable bonds is 8. The van der Waals surface area contributed by atoms with Gasteiger partial charge < -0.3 is 29.3 Å². The van der Waals surface area contributed by atoms with E-state index in [9.17, 15) is 4.79 Å². The van der Waals surface area contributed by atoms with Crippen molar-refractivity contribution >= 4 is 11.9 Å². The lowest BCUT2D eigenvalue weighted by Gasteiger charge is -2.33. The smallest absolute Gasteiger partial charge is 0.317 e. The number of urea groups is 1. The Balaban J connectivity index is 1.94. The van der Waals surface area contributed by atoms with Crippen LogP contribution in [0.25, 0.3) is 11.3 Å². The average molecular weight is 416 g/mol. The third-order valence-corrected chi connectivity index (χ3v) is 5.22. The van der Waals surface area contributed by atoms with Crippen molar-refractivity contribution in [2.75, 3.05) is 58.4 Å². The predicted octanol–water partition coefficient (Wildman–Crippen LogP) is 2.66. The molecular weight excluding hydrogens is 382 g/mol. The summed E-state index contributed by atoms with van der Waals surface area (Å²) in [5, 5.41) is 7.40. The first-order valence-electron chi connectivity index (χ1n) is 10.5. The molecule has 2 heterocycles. The van der Waals surface area contributed by atoms with Crippen molar-refractivity contribution in [1.29, 1.82) is 0 Å². The van der Waals surface area contributed by atoms with Crippen molar-refractivity contribution in [3.8, 4) is 11.3 Å². The van der Waals surface area contributed by atoms with Gasteiger partial charge in [-0.1, -0.05) is 35.5 Å². The van der Waals surface area contributed by atoms with E-state index in [-0.39, 0.29) is 12.1 Å². The number of methoxy groups -OCH3 is 1. The van der Waals surface area contributed by atoms with Crippen LogP contribution in [0.4, 0.5) is 10.7 Å². The first kappa shape index (κ1) is 22.1. The molecule has 8 nitrogen and oxygen atoms in total. The van der Waals surface area contributed by atoms with Crippen LogP contribution in [0, 0.1) is 0 Å². The van der Waals surface area contributed by atoms with Crippen molar-refractivity contribution in [3.05, 3.63) is 35.9 Å².